The first-order chi connectivity index (χ1) is 6.79. The van der Waals surface area contributed by atoms with Crippen LogP contribution < -0.4 is 10.6 Å². The second-order valence-electron chi connectivity index (χ2n) is 3.21. The molecule has 0 atom stereocenters. The summed E-state index contributed by atoms with van der Waals surface area (Å²) < 4.78 is 4.76. The molecule has 2 aliphatic rings. The van der Waals surface area contributed by atoms with Crippen LogP contribution in [0.2, 0.25) is 0 Å². The molecule has 0 spiro atoms. The van der Waals surface area contributed by atoms with Crippen molar-refractivity contribution in [3.05, 3.63) is 0 Å². The summed E-state index contributed by atoms with van der Waals surface area (Å²) in [5.41, 5.74) is 0. The molecule has 0 aromatic heterocycles. The third-order valence-corrected chi connectivity index (χ3v) is 1.98. The van der Waals surface area contributed by atoms with Crippen LogP contribution in [0.5, 0.6) is 0 Å². The van der Waals surface area contributed by atoms with Crippen molar-refractivity contribution in [1.29, 1.82) is 0 Å². The molecule has 2 N–H and O–H groups in total. The van der Waals surface area contributed by atoms with E-state index in [0.29, 0.717) is 13.0 Å². The van der Waals surface area contributed by atoms with E-state index in [1.807, 2.05) is 0 Å². The van der Waals surface area contributed by atoms with Crippen molar-refractivity contribution in [3.8, 4) is 0 Å². The Kier molecular flexibility index (Phi) is 4.82. The van der Waals surface area contributed by atoms with E-state index in [-0.39, 0.29) is 12.0 Å². The smallest absolute Gasteiger partial charge is 0.314 e. The van der Waals surface area contributed by atoms with Crippen molar-refractivity contribution in [2.75, 3.05) is 19.7 Å². The monoisotopic (exact) mass is 200 g/mol. The van der Waals surface area contributed by atoms with Crippen LogP contribution >= 0.6 is 0 Å². The molecule has 0 unspecified atom stereocenters. The van der Waals surface area contributed by atoms with Crippen molar-refractivity contribution < 1.29 is 14.3 Å². The third kappa shape index (κ3) is 4.69. The van der Waals surface area contributed by atoms with Gasteiger partial charge in [-0.25, -0.2) is 4.79 Å². The fraction of sp³-hybridized carbons (Fsp3) is 0.778. The van der Waals surface area contributed by atoms with Crippen LogP contribution in [-0.4, -0.2) is 31.7 Å². The van der Waals surface area contributed by atoms with Crippen LogP contribution in [0, 0.1) is 0 Å². The van der Waals surface area contributed by atoms with Gasteiger partial charge in [0.15, 0.2) is 0 Å². The Labute approximate surface area is 83.2 Å². The first-order valence-electron chi connectivity index (χ1n) is 4.96. The second-order valence-corrected chi connectivity index (χ2v) is 3.21. The van der Waals surface area contributed by atoms with Crippen LogP contribution in [0.4, 0.5) is 4.79 Å². The van der Waals surface area contributed by atoms with Gasteiger partial charge in [0.2, 0.25) is 0 Å². The molecule has 2 fully saturated rings. The molecule has 0 aromatic carbocycles. The number of rotatable bonds is 0. The highest BCUT2D eigenvalue weighted by molar-refractivity contribution is 5.75. The minimum atomic E-state index is -0.0463. The zero-order valence-corrected chi connectivity index (χ0v) is 8.17. The number of esters is 1. The molecule has 5 heteroatoms. The summed E-state index contributed by atoms with van der Waals surface area (Å²) in [7, 11) is 0. The molecule has 5 nitrogen and oxygen atoms in total. The highest BCUT2D eigenvalue weighted by Crippen LogP contribution is 2.06. The average molecular weight is 200 g/mol. The lowest BCUT2D eigenvalue weighted by Gasteiger charge is -1.93. The minimum absolute atomic E-state index is 0.0255. The van der Waals surface area contributed by atoms with Gasteiger partial charge >= 0.3 is 12.0 Å². The van der Waals surface area contributed by atoms with Gasteiger partial charge in [-0.3, -0.25) is 4.79 Å². The molecule has 2 aliphatic heterocycles. The molecule has 2 rings (SSSR count). The van der Waals surface area contributed by atoms with E-state index in [1.54, 1.807) is 0 Å². The van der Waals surface area contributed by atoms with E-state index in [0.717, 1.165) is 32.4 Å². The molecule has 0 aliphatic carbocycles. The maximum absolute atomic E-state index is 10.5. The third-order valence-electron chi connectivity index (χ3n) is 1.98. The normalized spacial score (nSPS) is 20.9. The van der Waals surface area contributed by atoms with E-state index < -0.39 is 0 Å². The lowest BCUT2D eigenvalue weighted by molar-refractivity contribution is -0.142. The van der Waals surface area contributed by atoms with E-state index in [9.17, 15) is 9.59 Å². The first kappa shape index (κ1) is 10.8. The number of cyclic esters (lactones) is 1. The van der Waals surface area contributed by atoms with Gasteiger partial charge in [0.25, 0.3) is 0 Å². The Bertz CT molecular complexity index is 188. The molecule has 0 bridgehead atoms. The van der Waals surface area contributed by atoms with E-state index in [4.69, 9.17) is 4.74 Å². The fourth-order valence-electron chi connectivity index (χ4n) is 1.22. The topological polar surface area (TPSA) is 67.4 Å². The van der Waals surface area contributed by atoms with Gasteiger partial charge in [-0.2, -0.15) is 0 Å². The van der Waals surface area contributed by atoms with Crippen LogP contribution in [0.1, 0.15) is 25.7 Å². The average Bonchev–Trinajstić information content (AvgIpc) is 2.51. The van der Waals surface area contributed by atoms with Crippen LogP contribution in [0.25, 0.3) is 0 Å². The molecule has 14 heavy (non-hydrogen) atoms. The minimum Gasteiger partial charge on any atom is -0.466 e. The molecule has 0 radical (unpaired) electrons. The largest absolute Gasteiger partial charge is 0.466 e. The zero-order chi connectivity index (χ0) is 10.2. The van der Waals surface area contributed by atoms with Gasteiger partial charge in [-0.05, 0) is 19.3 Å². The highest BCUT2D eigenvalue weighted by Gasteiger charge is 2.05. The maximum Gasteiger partial charge on any atom is 0.314 e. The van der Waals surface area contributed by atoms with Crippen molar-refractivity contribution in [2.24, 2.45) is 0 Å². The molecule has 0 saturated carbocycles. The number of hydrogen-bond acceptors (Lipinski definition) is 3. The number of nitrogens with one attached hydrogen (secondary N) is 2. The molecule has 0 aromatic rings. The van der Waals surface area contributed by atoms with E-state index >= 15 is 0 Å². The van der Waals surface area contributed by atoms with Gasteiger partial charge in [-0.1, -0.05) is 0 Å². The molecular weight excluding hydrogens is 184 g/mol. The molecular formula is C9H16N2O3. The summed E-state index contributed by atoms with van der Waals surface area (Å²) in [5, 5.41) is 5.14. The number of urea groups is 1. The summed E-state index contributed by atoms with van der Waals surface area (Å²) in [6, 6.07) is -0.0463. The van der Waals surface area contributed by atoms with Gasteiger partial charge in [0.1, 0.15) is 0 Å². The molecule has 2 amide bonds. The summed E-state index contributed by atoms with van der Waals surface area (Å²) >= 11 is 0. The lowest BCUT2D eigenvalue weighted by Crippen LogP contribution is -2.20. The van der Waals surface area contributed by atoms with E-state index in [1.165, 1.54) is 0 Å². The zero-order valence-electron chi connectivity index (χ0n) is 8.17. The Morgan fingerprint density at radius 2 is 1.71 bits per heavy atom. The Balaban J connectivity index is 0.000000146. The predicted octanol–water partition coefficient (Wildman–Crippen LogP) is 0.403. The van der Waals surface area contributed by atoms with E-state index in [2.05, 4.69) is 10.6 Å². The summed E-state index contributed by atoms with van der Waals surface area (Å²) in [4.78, 5) is 20.5. The number of carbonyl (C=O) groups is 2. The summed E-state index contributed by atoms with van der Waals surface area (Å²) in [6.07, 6.45) is 3.83. The van der Waals surface area contributed by atoms with Gasteiger partial charge in [0, 0.05) is 19.5 Å². The van der Waals surface area contributed by atoms with Crippen LogP contribution in [0.3, 0.4) is 0 Å². The number of amides is 2. The summed E-state index contributed by atoms with van der Waals surface area (Å²) in [5.74, 6) is -0.0255. The summed E-state index contributed by atoms with van der Waals surface area (Å²) in [6.45, 7) is 2.19. The SMILES string of the molecule is O=C1CCCCCO1.O=C1NCCN1. The van der Waals surface area contributed by atoms with Crippen LogP contribution in [0.15, 0.2) is 0 Å². The second kappa shape index (κ2) is 6.23. The Hall–Kier alpha value is -1.26. The van der Waals surface area contributed by atoms with Gasteiger partial charge in [0.05, 0.1) is 6.61 Å². The lowest BCUT2D eigenvalue weighted by atomic mass is 10.2. The molecule has 2 saturated heterocycles. The quantitative estimate of drug-likeness (QED) is 0.556. The van der Waals surface area contributed by atoms with Gasteiger partial charge < -0.3 is 15.4 Å². The first-order valence-corrected chi connectivity index (χ1v) is 4.96. The number of ether oxygens (including phenoxy) is 1. The van der Waals surface area contributed by atoms with Crippen molar-refractivity contribution in [3.63, 3.8) is 0 Å². The number of carbonyl (C=O) groups excluding carboxylic acids is 2. The molecule has 2 heterocycles. The van der Waals surface area contributed by atoms with Crippen molar-refractivity contribution in [2.45, 2.75) is 25.7 Å². The van der Waals surface area contributed by atoms with Gasteiger partial charge in [-0.15, -0.1) is 0 Å². The Morgan fingerprint density at radius 3 is 2.29 bits per heavy atom. The van der Waals surface area contributed by atoms with Crippen molar-refractivity contribution in [1.82, 2.24) is 10.6 Å². The fourth-order valence-corrected chi connectivity index (χ4v) is 1.22. The molecule has 80 valence electrons. The maximum atomic E-state index is 10.5. The van der Waals surface area contributed by atoms with Crippen LogP contribution in [-0.2, 0) is 9.53 Å². The standard InChI is InChI=1S/C6H10O2.C3H6N2O/c7-6-4-2-1-3-5-8-6;6-3-4-1-2-5-3/h1-5H2;1-2H2,(H2,4,5,6). The number of hydrogen-bond donors (Lipinski definition) is 2. The Morgan fingerprint density at radius 1 is 1.00 bits per heavy atom. The predicted molar refractivity (Wildman–Crippen MR) is 50.8 cm³/mol. The highest BCUT2D eigenvalue weighted by atomic mass is 16.5. The van der Waals surface area contributed by atoms with Crippen molar-refractivity contribution >= 4 is 12.0 Å².